The van der Waals surface area contributed by atoms with Crippen molar-refractivity contribution in [1.82, 2.24) is 10.6 Å². The van der Waals surface area contributed by atoms with Gasteiger partial charge in [0.05, 0.1) is 6.61 Å². The highest BCUT2D eigenvalue weighted by Crippen LogP contribution is 2.52. The van der Waals surface area contributed by atoms with E-state index in [1.54, 1.807) is 6.92 Å². The summed E-state index contributed by atoms with van der Waals surface area (Å²) >= 11 is 0. The van der Waals surface area contributed by atoms with E-state index in [1.807, 2.05) is 0 Å². The van der Waals surface area contributed by atoms with E-state index in [2.05, 4.69) is 27.4 Å². The van der Waals surface area contributed by atoms with E-state index < -0.39 is 17.9 Å². The van der Waals surface area contributed by atoms with Gasteiger partial charge in [-0.3, -0.25) is 4.79 Å². The van der Waals surface area contributed by atoms with E-state index in [-0.39, 0.29) is 24.6 Å². The normalized spacial score (nSPS) is 16.2. The third-order valence-electron chi connectivity index (χ3n) is 3.59. The van der Waals surface area contributed by atoms with E-state index in [0.717, 1.165) is 0 Å². The first kappa shape index (κ1) is 18.9. The van der Waals surface area contributed by atoms with Crippen molar-refractivity contribution in [3.8, 4) is 0 Å². The summed E-state index contributed by atoms with van der Waals surface area (Å²) < 4.78 is 43.8. The highest BCUT2D eigenvalue weighted by molar-refractivity contribution is 5.82. The average molecular weight is 356 g/mol. The third kappa shape index (κ3) is 4.36. The summed E-state index contributed by atoms with van der Waals surface area (Å²) in [5.41, 5.74) is -1.20. The number of ether oxygens (including phenoxy) is 1. The molecule has 1 aliphatic rings. The maximum atomic E-state index is 12.9. The topological polar surface area (TPSA) is 75.1 Å². The Kier molecular flexibility index (Phi) is 5.46. The molecule has 0 fully saturated rings. The Bertz CT molecular complexity index is 665. The van der Waals surface area contributed by atoms with Crippen LogP contribution in [0.5, 0.6) is 0 Å². The zero-order valence-corrected chi connectivity index (χ0v) is 13.9. The molecule has 0 radical (unpaired) electrons. The number of nitrogens with zero attached hydrogens (tertiary/aromatic N) is 2. The van der Waals surface area contributed by atoms with Crippen LogP contribution in [0, 0.1) is 0 Å². The number of halogens is 3. The lowest BCUT2D eigenvalue weighted by molar-refractivity contribution is -0.166. The monoisotopic (exact) mass is 356 g/mol. The van der Waals surface area contributed by atoms with Crippen molar-refractivity contribution in [3.63, 3.8) is 0 Å². The second kappa shape index (κ2) is 7.22. The van der Waals surface area contributed by atoms with Crippen LogP contribution in [-0.2, 0) is 21.7 Å². The minimum Gasteiger partial charge on any atom is -0.382 e. The van der Waals surface area contributed by atoms with E-state index in [9.17, 15) is 18.0 Å². The fourth-order valence-corrected chi connectivity index (χ4v) is 2.26. The summed E-state index contributed by atoms with van der Waals surface area (Å²) in [5.74, 6) is -0.298. The van der Waals surface area contributed by atoms with E-state index in [4.69, 9.17) is 4.74 Å². The van der Waals surface area contributed by atoms with E-state index >= 15 is 0 Å². The van der Waals surface area contributed by atoms with Gasteiger partial charge in [-0.15, -0.1) is 10.2 Å². The van der Waals surface area contributed by atoms with Crippen molar-refractivity contribution >= 4 is 5.91 Å². The van der Waals surface area contributed by atoms with Crippen LogP contribution in [0.25, 0.3) is 0 Å². The molecule has 9 heteroatoms. The van der Waals surface area contributed by atoms with E-state index in [0.29, 0.717) is 11.3 Å². The van der Waals surface area contributed by atoms with Gasteiger partial charge in [-0.25, -0.2) is 0 Å². The first-order chi connectivity index (χ1) is 11.7. The van der Waals surface area contributed by atoms with Crippen LogP contribution in [0.4, 0.5) is 13.2 Å². The number of alkyl halides is 3. The molecule has 6 nitrogen and oxygen atoms in total. The van der Waals surface area contributed by atoms with Crippen LogP contribution >= 0.6 is 0 Å². The number of hydrogen-bond acceptors (Lipinski definition) is 5. The minimum absolute atomic E-state index is 0.0451. The molecule has 0 aliphatic carbocycles. The summed E-state index contributed by atoms with van der Waals surface area (Å²) in [6, 6.07) is 5.04. The zero-order chi connectivity index (χ0) is 18.7. The molecule has 136 valence electrons. The van der Waals surface area contributed by atoms with Crippen molar-refractivity contribution in [3.05, 3.63) is 47.7 Å². The van der Waals surface area contributed by atoms with Gasteiger partial charge in [-0.05, 0) is 12.5 Å². The summed E-state index contributed by atoms with van der Waals surface area (Å²) in [5, 5.41) is 11.9. The molecule has 1 amide bonds. The molecule has 1 atom stereocenters. The Morgan fingerprint density at radius 3 is 2.36 bits per heavy atom. The number of hydrogen-bond donors (Lipinski definition) is 2. The lowest BCUT2D eigenvalue weighted by Gasteiger charge is -2.19. The summed E-state index contributed by atoms with van der Waals surface area (Å²) in [6.45, 7) is 5.73. The molecular formula is C16H19F3N4O2. The fraction of sp³-hybridized carbons (Fsp3) is 0.438. The number of benzene rings is 1. The number of allylic oxidation sites excluding steroid dienone is 1. The standard InChI is InChI=1S/C16H19F3N4O2/c1-10(2)21-13(9-25-3)14(24)20-8-11-4-6-12(7-5-11)15(22-23-15)16(17,18)19/h4-7,13,21H,1,8-9H2,2-3H3,(H,20,24)/t13-/m1/s1. The molecule has 1 heterocycles. The Hall–Kier alpha value is -2.42. The Morgan fingerprint density at radius 2 is 1.92 bits per heavy atom. The fourth-order valence-electron chi connectivity index (χ4n) is 2.26. The van der Waals surface area contributed by atoms with E-state index in [1.165, 1.54) is 31.4 Å². The van der Waals surface area contributed by atoms with Gasteiger partial charge in [-0.1, -0.05) is 30.8 Å². The van der Waals surface area contributed by atoms with Crippen LogP contribution in [0.2, 0.25) is 0 Å². The number of methoxy groups -OCH3 is 1. The molecule has 2 N–H and O–H groups in total. The second-order valence-electron chi connectivity index (χ2n) is 5.72. The lowest BCUT2D eigenvalue weighted by Crippen LogP contribution is -2.45. The predicted octanol–water partition coefficient (Wildman–Crippen LogP) is 2.62. The Morgan fingerprint density at radius 1 is 1.32 bits per heavy atom. The van der Waals surface area contributed by atoms with Crippen molar-refractivity contribution in [2.24, 2.45) is 10.2 Å². The highest BCUT2D eigenvalue weighted by Gasteiger charge is 2.65. The van der Waals surface area contributed by atoms with Gasteiger partial charge in [0.15, 0.2) is 0 Å². The molecule has 1 aromatic carbocycles. The molecule has 0 unspecified atom stereocenters. The SMILES string of the molecule is C=C(C)N[C@H](COC)C(=O)NCc1ccc(C2(C(F)(F)F)N=N2)cc1. The van der Waals surface area contributed by atoms with Crippen LogP contribution < -0.4 is 10.6 Å². The molecule has 25 heavy (non-hydrogen) atoms. The molecule has 2 rings (SSSR count). The van der Waals surface area contributed by atoms with Crippen LogP contribution in [0.1, 0.15) is 18.1 Å². The maximum absolute atomic E-state index is 12.9. The van der Waals surface area contributed by atoms with Gasteiger partial charge >= 0.3 is 11.8 Å². The molecule has 0 aromatic heterocycles. The maximum Gasteiger partial charge on any atom is 0.442 e. The lowest BCUT2D eigenvalue weighted by atomic mass is 10.0. The molecule has 0 bridgehead atoms. The molecular weight excluding hydrogens is 337 g/mol. The number of carbonyl (C=O) groups excluding carboxylic acids is 1. The molecule has 1 aliphatic heterocycles. The average Bonchev–Trinajstić information content (AvgIpc) is 3.34. The van der Waals surface area contributed by atoms with Gasteiger partial charge in [0.25, 0.3) is 0 Å². The number of nitrogens with one attached hydrogen (secondary N) is 2. The van der Waals surface area contributed by atoms with Gasteiger partial charge < -0.3 is 15.4 Å². The summed E-state index contributed by atoms with van der Waals surface area (Å²) in [7, 11) is 1.48. The smallest absolute Gasteiger partial charge is 0.382 e. The predicted molar refractivity (Wildman–Crippen MR) is 84.5 cm³/mol. The summed E-state index contributed by atoms with van der Waals surface area (Å²) in [4.78, 5) is 12.1. The van der Waals surface area contributed by atoms with Gasteiger partial charge in [0.1, 0.15) is 6.04 Å². The Labute approximate surface area is 143 Å². The van der Waals surface area contributed by atoms with Crippen molar-refractivity contribution < 1.29 is 22.7 Å². The number of rotatable bonds is 8. The molecule has 0 saturated heterocycles. The first-order valence-corrected chi connectivity index (χ1v) is 7.48. The van der Waals surface area contributed by atoms with Gasteiger partial charge in [-0.2, -0.15) is 13.2 Å². The second-order valence-corrected chi connectivity index (χ2v) is 5.72. The number of carbonyl (C=O) groups is 1. The summed E-state index contributed by atoms with van der Waals surface area (Å²) in [6.07, 6.45) is -4.55. The largest absolute Gasteiger partial charge is 0.442 e. The van der Waals surface area contributed by atoms with Crippen molar-refractivity contribution in [2.45, 2.75) is 31.3 Å². The number of amides is 1. The van der Waals surface area contributed by atoms with Crippen molar-refractivity contribution in [2.75, 3.05) is 13.7 Å². The molecule has 0 saturated carbocycles. The van der Waals surface area contributed by atoms with Crippen LogP contribution in [0.3, 0.4) is 0 Å². The first-order valence-electron chi connectivity index (χ1n) is 7.48. The van der Waals surface area contributed by atoms with Crippen LogP contribution in [-0.4, -0.2) is 31.8 Å². The quantitative estimate of drug-likeness (QED) is 0.752. The van der Waals surface area contributed by atoms with Gasteiger partial charge in [0, 0.05) is 24.9 Å². The Balaban J connectivity index is 1.95. The van der Waals surface area contributed by atoms with Gasteiger partial charge in [0.2, 0.25) is 5.91 Å². The minimum atomic E-state index is -4.55. The van der Waals surface area contributed by atoms with Crippen molar-refractivity contribution in [1.29, 1.82) is 0 Å². The molecule has 1 aromatic rings. The zero-order valence-electron chi connectivity index (χ0n) is 13.9. The highest BCUT2D eigenvalue weighted by atomic mass is 19.4. The molecule has 0 spiro atoms. The van der Waals surface area contributed by atoms with Crippen LogP contribution in [0.15, 0.2) is 46.8 Å². The third-order valence-corrected chi connectivity index (χ3v) is 3.59.